The van der Waals surface area contributed by atoms with Crippen LogP contribution in [0.5, 0.6) is 0 Å². The molecule has 0 aromatic carbocycles. The van der Waals surface area contributed by atoms with Crippen molar-refractivity contribution in [1.29, 1.82) is 0 Å². The van der Waals surface area contributed by atoms with Crippen LogP contribution in [0.4, 0.5) is 5.69 Å². The second-order valence-corrected chi connectivity index (χ2v) is 5.10. The Hall–Kier alpha value is -1.16. The third-order valence-electron chi connectivity index (χ3n) is 3.36. The van der Waals surface area contributed by atoms with Crippen LogP contribution >= 0.6 is 12.2 Å². The van der Waals surface area contributed by atoms with Crippen LogP contribution in [0.25, 0.3) is 0 Å². The van der Waals surface area contributed by atoms with Crippen molar-refractivity contribution in [1.82, 2.24) is 4.57 Å². The van der Waals surface area contributed by atoms with Crippen molar-refractivity contribution in [3.63, 3.8) is 0 Å². The summed E-state index contributed by atoms with van der Waals surface area (Å²) in [5.74, 6) is 0.448. The lowest BCUT2D eigenvalue weighted by atomic mass is 9.89. The van der Waals surface area contributed by atoms with Gasteiger partial charge in [-0.3, -0.25) is 4.79 Å². The fourth-order valence-electron chi connectivity index (χ4n) is 2.29. The molecule has 0 atom stereocenters. The molecule has 0 unspecified atom stereocenters. The van der Waals surface area contributed by atoms with Gasteiger partial charge in [0, 0.05) is 19.2 Å². The Morgan fingerprint density at radius 3 is 2.82 bits per heavy atom. The normalized spacial score (nSPS) is 16.8. The van der Waals surface area contributed by atoms with Crippen LogP contribution in [0.3, 0.4) is 0 Å². The molecule has 4 heteroatoms. The molecule has 1 saturated carbocycles. The van der Waals surface area contributed by atoms with Gasteiger partial charge in [0.15, 0.2) is 0 Å². The van der Waals surface area contributed by atoms with Gasteiger partial charge < -0.3 is 9.88 Å². The summed E-state index contributed by atoms with van der Waals surface area (Å²) in [7, 11) is 1.75. The van der Waals surface area contributed by atoms with E-state index in [1.54, 1.807) is 23.9 Å². The summed E-state index contributed by atoms with van der Waals surface area (Å²) in [5, 5.41) is 3.12. The van der Waals surface area contributed by atoms with E-state index in [2.05, 4.69) is 5.32 Å². The molecular weight excluding hydrogens is 232 g/mol. The smallest absolute Gasteiger partial charge is 0.273 e. The average molecular weight is 250 g/mol. The Labute approximate surface area is 107 Å². The van der Waals surface area contributed by atoms with Crippen LogP contribution in [0, 0.1) is 5.92 Å². The highest BCUT2D eigenvalue weighted by molar-refractivity contribution is 7.80. The summed E-state index contributed by atoms with van der Waals surface area (Å²) in [6.07, 6.45) is 7.86. The molecule has 3 nitrogen and oxygen atoms in total. The van der Waals surface area contributed by atoms with Gasteiger partial charge in [-0.25, -0.2) is 0 Å². The fraction of sp³-hybridized carbons (Fsp3) is 0.538. The number of nitrogens with one attached hydrogen (secondary N) is 1. The van der Waals surface area contributed by atoms with Crippen molar-refractivity contribution < 1.29 is 0 Å². The number of thiocarbonyl (C=S) groups is 1. The third kappa shape index (κ3) is 2.94. The Morgan fingerprint density at radius 1 is 1.41 bits per heavy atom. The monoisotopic (exact) mass is 250 g/mol. The molecule has 0 radical (unpaired) electrons. The first-order valence-corrected chi connectivity index (χ1v) is 6.56. The Balaban J connectivity index is 2.07. The maximum Gasteiger partial charge on any atom is 0.273 e. The number of hydrogen-bond acceptors (Lipinski definition) is 2. The van der Waals surface area contributed by atoms with Crippen molar-refractivity contribution in [2.24, 2.45) is 13.0 Å². The highest BCUT2D eigenvalue weighted by atomic mass is 32.1. The minimum Gasteiger partial charge on any atom is -0.345 e. The van der Waals surface area contributed by atoms with Gasteiger partial charge in [0.2, 0.25) is 0 Å². The summed E-state index contributed by atoms with van der Waals surface area (Å²) in [6, 6.07) is 3.64. The summed E-state index contributed by atoms with van der Waals surface area (Å²) >= 11 is 5.40. The van der Waals surface area contributed by atoms with Crippen LogP contribution < -0.4 is 10.9 Å². The maximum atomic E-state index is 11.8. The van der Waals surface area contributed by atoms with E-state index in [9.17, 15) is 4.79 Å². The van der Waals surface area contributed by atoms with Crippen LogP contribution in [-0.2, 0) is 7.05 Å². The first-order chi connectivity index (χ1) is 8.18. The van der Waals surface area contributed by atoms with Crippen LogP contribution in [-0.4, -0.2) is 9.56 Å². The number of hydrogen-bond donors (Lipinski definition) is 1. The predicted octanol–water partition coefficient (Wildman–Crippen LogP) is 2.70. The fourth-order valence-corrected chi connectivity index (χ4v) is 2.64. The van der Waals surface area contributed by atoms with E-state index in [1.807, 2.05) is 6.07 Å². The van der Waals surface area contributed by atoms with Gasteiger partial charge in [-0.05, 0) is 25.0 Å². The second-order valence-electron chi connectivity index (χ2n) is 4.66. The predicted molar refractivity (Wildman–Crippen MR) is 74.5 cm³/mol. The zero-order chi connectivity index (χ0) is 12.3. The van der Waals surface area contributed by atoms with Crippen molar-refractivity contribution in [2.45, 2.75) is 32.1 Å². The van der Waals surface area contributed by atoms with Crippen molar-refractivity contribution in [2.75, 3.05) is 5.32 Å². The van der Waals surface area contributed by atoms with E-state index < -0.39 is 0 Å². The lowest BCUT2D eigenvalue weighted by Gasteiger charge is -2.23. The molecule has 17 heavy (non-hydrogen) atoms. The SMILES string of the molecule is Cn1cccc(NC(=S)C2CCCCC2)c1=O. The maximum absolute atomic E-state index is 11.8. The number of aryl methyl sites for hydroxylation is 1. The molecule has 1 aromatic rings. The Morgan fingerprint density at radius 2 is 2.12 bits per heavy atom. The van der Waals surface area contributed by atoms with E-state index in [0.717, 1.165) is 17.8 Å². The lowest BCUT2D eigenvalue weighted by molar-refractivity contribution is 0.442. The molecule has 0 aliphatic heterocycles. The second kappa shape index (κ2) is 5.45. The highest BCUT2D eigenvalue weighted by Crippen LogP contribution is 2.25. The minimum atomic E-state index is -0.0225. The number of rotatable bonds is 2. The van der Waals surface area contributed by atoms with Crippen molar-refractivity contribution >= 4 is 22.9 Å². The average Bonchev–Trinajstić information content (AvgIpc) is 2.36. The standard InChI is InChI=1S/C13H18N2OS/c1-15-9-5-8-11(13(15)16)14-12(17)10-6-3-2-4-7-10/h5,8-10H,2-4,6-7H2,1H3,(H,14,17). The van der Waals surface area contributed by atoms with Gasteiger partial charge in [0.25, 0.3) is 5.56 Å². The number of nitrogens with zero attached hydrogens (tertiary/aromatic N) is 1. The van der Waals surface area contributed by atoms with E-state index in [4.69, 9.17) is 12.2 Å². The van der Waals surface area contributed by atoms with Gasteiger partial charge in [-0.1, -0.05) is 31.5 Å². The number of anilines is 1. The largest absolute Gasteiger partial charge is 0.345 e. The molecular formula is C13H18N2OS. The van der Waals surface area contributed by atoms with Crippen LogP contribution in [0.1, 0.15) is 32.1 Å². The van der Waals surface area contributed by atoms with Crippen molar-refractivity contribution in [3.8, 4) is 0 Å². The van der Waals surface area contributed by atoms with Gasteiger partial charge in [0.1, 0.15) is 5.69 Å². The van der Waals surface area contributed by atoms with Crippen molar-refractivity contribution in [3.05, 3.63) is 28.7 Å². The summed E-state index contributed by atoms with van der Waals surface area (Å²) in [4.78, 5) is 12.7. The first-order valence-electron chi connectivity index (χ1n) is 6.15. The summed E-state index contributed by atoms with van der Waals surface area (Å²) in [6.45, 7) is 0. The Kier molecular flexibility index (Phi) is 3.94. The Bertz CT molecular complexity index is 461. The summed E-state index contributed by atoms with van der Waals surface area (Å²) in [5.41, 5.74) is 0.566. The van der Waals surface area contributed by atoms with Gasteiger partial charge in [0.05, 0.1) is 4.99 Å². The van der Waals surface area contributed by atoms with Gasteiger partial charge in [-0.2, -0.15) is 0 Å². The molecule has 1 aliphatic rings. The van der Waals surface area contributed by atoms with Crippen LogP contribution in [0.2, 0.25) is 0 Å². The van der Waals surface area contributed by atoms with Crippen LogP contribution in [0.15, 0.2) is 23.1 Å². The molecule has 1 aromatic heterocycles. The molecule has 0 amide bonds. The number of pyridine rings is 1. The molecule has 1 aliphatic carbocycles. The first kappa shape index (κ1) is 12.3. The molecule has 0 spiro atoms. The van der Waals surface area contributed by atoms with Gasteiger partial charge in [-0.15, -0.1) is 0 Å². The van der Waals surface area contributed by atoms with Gasteiger partial charge >= 0.3 is 0 Å². The molecule has 0 saturated heterocycles. The molecule has 0 bridgehead atoms. The van der Waals surface area contributed by atoms with E-state index in [0.29, 0.717) is 11.6 Å². The quantitative estimate of drug-likeness (QED) is 0.819. The number of aromatic nitrogens is 1. The molecule has 1 fully saturated rings. The molecule has 92 valence electrons. The zero-order valence-electron chi connectivity index (χ0n) is 10.1. The van der Waals surface area contributed by atoms with E-state index >= 15 is 0 Å². The topological polar surface area (TPSA) is 34.0 Å². The van der Waals surface area contributed by atoms with E-state index in [-0.39, 0.29) is 5.56 Å². The zero-order valence-corrected chi connectivity index (χ0v) is 10.9. The van der Waals surface area contributed by atoms with E-state index in [1.165, 1.54) is 19.3 Å². The third-order valence-corrected chi connectivity index (χ3v) is 3.79. The minimum absolute atomic E-state index is 0.0225. The summed E-state index contributed by atoms with van der Waals surface area (Å²) < 4.78 is 1.56. The molecule has 1 N–H and O–H groups in total. The lowest BCUT2D eigenvalue weighted by Crippen LogP contribution is -2.28. The molecule has 1 heterocycles. The molecule has 2 rings (SSSR count). The highest BCUT2D eigenvalue weighted by Gasteiger charge is 2.18.